The van der Waals surface area contributed by atoms with Crippen molar-refractivity contribution in [2.24, 2.45) is 4.36 Å². The van der Waals surface area contributed by atoms with E-state index in [9.17, 15) is 31.3 Å². The monoisotopic (exact) mass is 555 g/mol. The fourth-order valence-electron chi connectivity index (χ4n) is 4.72. The van der Waals surface area contributed by atoms with Crippen LogP contribution in [0, 0.1) is 11.6 Å². The second-order valence-corrected chi connectivity index (χ2v) is 10.9. The molecule has 1 aliphatic heterocycles. The minimum Gasteiger partial charge on any atom is -0.406 e. The van der Waals surface area contributed by atoms with Gasteiger partial charge in [-0.1, -0.05) is 0 Å². The molecule has 0 radical (unpaired) electrons. The van der Waals surface area contributed by atoms with E-state index < -0.39 is 51.8 Å². The summed E-state index contributed by atoms with van der Waals surface area (Å²) in [6.07, 6.45) is -6.06. The third kappa shape index (κ3) is 4.94. The standard InChI is InChI=1S/C25H22F5N3O4S/c1-31-38(35,17-6-4-16(5-7-17)37-25(28,29)30)32-20-12-36-13-23(24(20)34)33-21-8-2-14(26)10-18(21)19-11-15(27)3-9-22(19)33/h2-11,20,23-24,34H,12-13H2,1H3,(H,31,32,35). The Hall–Kier alpha value is -3.26. The lowest BCUT2D eigenvalue weighted by molar-refractivity contribution is -0.274. The van der Waals surface area contributed by atoms with Gasteiger partial charge in [0.25, 0.3) is 0 Å². The van der Waals surface area contributed by atoms with Crippen LogP contribution >= 0.6 is 0 Å². The van der Waals surface area contributed by atoms with E-state index in [0.717, 1.165) is 12.1 Å². The van der Waals surface area contributed by atoms with Crippen LogP contribution in [0.1, 0.15) is 6.04 Å². The van der Waals surface area contributed by atoms with Crippen molar-refractivity contribution in [1.82, 2.24) is 9.29 Å². The Labute approximate surface area is 214 Å². The fraction of sp³-hybridized carbons (Fsp3) is 0.280. The molecule has 0 amide bonds. The minimum absolute atomic E-state index is 0.0418. The van der Waals surface area contributed by atoms with Crippen LogP contribution < -0.4 is 9.46 Å². The van der Waals surface area contributed by atoms with E-state index in [-0.39, 0.29) is 18.1 Å². The van der Waals surface area contributed by atoms with Crippen molar-refractivity contribution in [2.45, 2.75) is 29.4 Å². The number of benzene rings is 3. The van der Waals surface area contributed by atoms with Crippen molar-refractivity contribution in [3.8, 4) is 5.75 Å². The molecule has 3 aromatic carbocycles. The van der Waals surface area contributed by atoms with Gasteiger partial charge in [0.2, 0.25) is 0 Å². The van der Waals surface area contributed by atoms with Crippen LogP contribution in [0.3, 0.4) is 0 Å². The SMILES string of the molecule is CN=S(=O)(NC1COCC(n2c3ccc(F)cc3c3cc(F)ccc32)C1O)c1ccc(OC(F)(F)F)cc1. The molecule has 5 rings (SSSR count). The lowest BCUT2D eigenvalue weighted by atomic mass is 10.0. The number of ether oxygens (including phenoxy) is 2. The highest BCUT2D eigenvalue weighted by molar-refractivity contribution is 7.91. The van der Waals surface area contributed by atoms with Crippen LogP contribution in [0.15, 0.2) is 69.9 Å². The summed E-state index contributed by atoms with van der Waals surface area (Å²) in [5, 5.41) is 12.3. The lowest BCUT2D eigenvalue weighted by Crippen LogP contribution is -2.53. The zero-order chi connectivity index (χ0) is 27.2. The number of aromatic nitrogens is 1. The third-order valence-electron chi connectivity index (χ3n) is 6.40. The van der Waals surface area contributed by atoms with Crippen LogP contribution in [-0.2, 0) is 14.7 Å². The minimum atomic E-state index is -4.88. The van der Waals surface area contributed by atoms with Gasteiger partial charge in [0, 0.05) is 28.9 Å². The van der Waals surface area contributed by atoms with Gasteiger partial charge < -0.3 is 19.1 Å². The van der Waals surface area contributed by atoms with Gasteiger partial charge in [-0.25, -0.2) is 22.1 Å². The summed E-state index contributed by atoms with van der Waals surface area (Å²) >= 11 is 0. The number of nitrogens with zero attached hydrogens (tertiary/aromatic N) is 2. The Morgan fingerprint density at radius 3 is 2.11 bits per heavy atom. The van der Waals surface area contributed by atoms with Gasteiger partial charge in [0.05, 0.1) is 36.3 Å². The average Bonchev–Trinajstić information content (AvgIpc) is 3.17. The summed E-state index contributed by atoms with van der Waals surface area (Å²) in [4.78, 5) is 0.0756. The summed E-state index contributed by atoms with van der Waals surface area (Å²) in [5.74, 6) is -1.49. The normalized spacial score (nSPS) is 21.9. The van der Waals surface area contributed by atoms with E-state index in [4.69, 9.17) is 4.74 Å². The molecule has 1 aliphatic rings. The van der Waals surface area contributed by atoms with Crippen molar-refractivity contribution in [3.63, 3.8) is 0 Å². The highest BCUT2D eigenvalue weighted by atomic mass is 32.2. The molecule has 1 fully saturated rings. The number of halogens is 5. The molecule has 1 aromatic heterocycles. The quantitative estimate of drug-likeness (QED) is 0.342. The number of hydrogen-bond donors (Lipinski definition) is 2. The predicted molar refractivity (Wildman–Crippen MR) is 130 cm³/mol. The van der Waals surface area contributed by atoms with Gasteiger partial charge in [-0.05, 0) is 60.7 Å². The van der Waals surface area contributed by atoms with Crippen LogP contribution in [0.25, 0.3) is 21.8 Å². The van der Waals surface area contributed by atoms with Gasteiger partial charge >= 0.3 is 6.36 Å². The molecule has 2 N–H and O–H groups in total. The van der Waals surface area contributed by atoms with Crippen molar-refractivity contribution >= 4 is 31.7 Å². The number of hydrogen-bond acceptors (Lipinski definition) is 5. The van der Waals surface area contributed by atoms with Crippen molar-refractivity contribution in [1.29, 1.82) is 0 Å². The zero-order valence-corrected chi connectivity index (χ0v) is 20.6. The summed E-state index contributed by atoms with van der Waals surface area (Å²) in [7, 11) is -2.12. The number of rotatable bonds is 5. The molecule has 2 heterocycles. The Balaban J connectivity index is 1.48. The molecular formula is C25H22F5N3O4S. The topological polar surface area (TPSA) is 85.1 Å². The number of alkyl halides is 3. The second kappa shape index (κ2) is 9.80. The summed E-state index contributed by atoms with van der Waals surface area (Å²) in [5.41, 5.74) is 1.09. The van der Waals surface area contributed by atoms with Crippen molar-refractivity contribution in [3.05, 3.63) is 72.3 Å². The molecule has 0 bridgehead atoms. The maximum Gasteiger partial charge on any atom is 0.573 e. The number of aliphatic hydroxyl groups excluding tert-OH is 1. The van der Waals surface area contributed by atoms with E-state index in [0.29, 0.717) is 21.8 Å². The molecule has 7 nitrogen and oxygen atoms in total. The molecule has 1 saturated heterocycles. The Morgan fingerprint density at radius 2 is 1.58 bits per heavy atom. The molecular weight excluding hydrogens is 533 g/mol. The van der Waals surface area contributed by atoms with Crippen LogP contribution in [0.4, 0.5) is 22.0 Å². The van der Waals surface area contributed by atoms with E-state index in [1.54, 1.807) is 4.57 Å². The predicted octanol–water partition coefficient (Wildman–Crippen LogP) is 4.93. The summed E-state index contributed by atoms with van der Waals surface area (Å²) < 4.78 is 97.3. The number of fused-ring (bicyclic) bond motifs is 3. The molecule has 13 heteroatoms. The Kier molecular flexibility index (Phi) is 6.80. The maximum absolute atomic E-state index is 14.1. The highest BCUT2D eigenvalue weighted by Crippen LogP contribution is 2.36. The zero-order valence-electron chi connectivity index (χ0n) is 19.8. The molecule has 0 saturated carbocycles. The first-order chi connectivity index (χ1) is 18.0. The molecule has 0 aliphatic carbocycles. The maximum atomic E-state index is 14.1. The van der Waals surface area contributed by atoms with Crippen molar-refractivity contribution < 1.29 is 40.7 Å². The van der Waals surface area contributed by atoms with Crippen molar-refractivity contribution in [2.75, 3.05) is 20.3 Å². The second-order valence-electron chi connectivity index (χ2n) is 8.74. The van der Waals surface area contributed by atoms with Gasteiger partial charge in [-0.15, -0.1) is 13.2 Å². The van der Waals surface area contributed by atoms with E-state index in [1.807, 2.05) is 0 Å². The molecule has 202 valence electrons. The fourth-order valence-corrected chi connectivity index (χ4v) is 6.30. The first kappa shape index (κ1) is 26.4. The Morgan fingerprint density at radius 1 is 1.00 bits per heavy atom. The smallest absolute Gasteiger partial charge is 0.406 e. The molecule has 4 atom stereocenters. The first-order valence-corrected chi connectivity index (χ1v) is 12.9. The van der Waals surface area contributed by atoms with Gasteiger partial charge in [-0.3, -0.25) is 0 Å². The third-order valence-corrected chi connectivity index (χ3v) is 8.44. The first-order valence-electron chi connectivity index (χ1n) is 11.4. The average molecular weight is 556 g/mol. The van der Waals surface area contributed by atoms with Crippen LogP contribution in [0.2, 0.25) is 0 Å². The van der Waals surface area contributed by atoms with E-state index >= 15 is 0 Å². The van der Waals surface area contributed by atoms with Gasteiger partial charge in [-0.2, -0.15) is 0 Å². The summed E-state index contributed by atoms with van der Waals surface area (Å²) in [6, 6.07) is 10.9. The number of nitrogens with one attached hydrogen (secondary N) is 1. The Bertz CT molecular complexity index is 1550. The highest BCUT2D eigenvalue weighted by Gasteiger charge is 2.37. The van der Waals surface area contributed by atoms with Gasteiger partial charge in [0.1, 0.15) is 27.3 Å². The lowest BCUT2D eigenvalue weighted by Gasteiger charge is -2.37. The molecule has 0 spiro atoms. The van der Waals surface area contributed by atoms with Crippen LogP contribution in [0.5, 0.6) is 5.75 Å². The summed E-state index contributed by atoms with van der Waals surface area (Å²) in [6.45, 7) is 0.0146. The molecule has 4 aromatic rings. The molecule has 4 unspecified atom stereocenters. The van der Waals surface area contributed by atoms with Gasteiger partial charge in [0.15, 0.2) is 0 Å². The molecule has 38 heavy (non-hydrogen) atoms. The van der Waals surface area contributed by atoms with E-state index in [1.165, 1.54) is 55.6 Å². The van der Waals surface area contributed by atoms with E-state index in [2.05, 4.69) is 13.8 Å². The largest absolute Gasteiger partial charge is 0.573 e. The number of aliphatic hydroxyl groups is 1. The van der Waals surface area contributed by atoms with Crippen LogP contribution in [-0.4, -0.2) is 52.7 Å².